The molecule has 0 unspecified atom stereocenters. The predicted octanol–water partition coefficient (Wildman–Crippen LogP) is 1.58. The summed E-state index contributed by atoms with van der Waals surface area (Å²) in [4.78, 5) is 0. The Morgan fingerprint density at radius 3 is 2.71 bits per heavy atom. The number of hydrogen-bond donors (Lipinski definition) is 2. The summed E-state index contributed by atoms with van der Waals surface area (Å²) in [6, 6.07) is 11.3. The fourth-order valence-corrected chi connectivity index (χ4v) is 2.52. The molecule has 5 heteroatoms. The van der Waals surface area contributed by atoms with Crippen LogP contribution in [0.4, 0.5) is 0 Å². The summed E-state index contributed by atoms with van der Waals surface area (Å²) in [5.41, 5.74) is 0.577. The molecule has 0 aliphatic heterocycles. The van der Waals surface area contributed by atoms with Crippen LogP contribution in [0.3, 0.4) is 0 Å². The zero-order valence-corrected chi connectivity index (χ0v) is 11.8. The van der Waals surface area contributed by atoms with Crippen LogP contribution in [0.1, 0.15) is 24.8 Å². The topological polar surface area (TPSA) is 89.1 Å². The van der Waals surface area contributed by atoms with Gasteiger partial charge in [0.1, 0.15) is 18.5 Å². The summed E-state index contributed by atoms with van der Waals surface area (Å²) in [5, 5.41) is 30.8. The molecule has 1 aromatic carbocycles. The quantitative estimate of drug-likeness (QED) is 0.828. The van der Waals surface area contributed by atoms with Gasteiger partial charge in [-0.25, -0.2) is 0 Å². The van der Waals surface area contributed by atoms with Crippen LogP contribution in [-0.2, 0) is 0 Å². The highest BCUT2D eigenvalue weighted by atomic mass is 16.5. The zero-order chi connectivity index (χ0) is 15.1. The number of hydrogen-bond acceptors (Lipinski definition) is 5. The largest absolute Gasteiger partial charge is 0.491 e. The number of aliphatic hydroxyl groups excluding tert-OH is 1. The molecule has 1 fully saturated rings. The maximum Gasteiger partial charge on any atom is 0.119 e. The average Bonchev–Trinajstić information content (AvgIpc) is 2.99. The summed E-state index contributed by atoms with van der Waals surface area (Å²) in [6.07, 6.45) is 2.36. The molecule has 0 bridgehead atoms. The van der Waals surface area contributed by atoms with Gasteiger partial charge in [0.15, 0.2) is 0 Å². The molecule has 110 valence electrons. The van der Waals surface area contributed by atoms with E-state index < -0.39 is 6.10 Å². The highest BCUT2D eigenvalue weighted by Crippen LogP contribution is 2.24. The lowest BCUT2D eigenvalue weighted by Crippen LogP contribution is -2.39. The van der Waals surface area contributed by atoms with Crippen LogP contribution >= 0.6 is 0 Å². The Morgan fingerprint density at radius 2 is 2.05 bits per heavy atom. The Hall–Kier alpha value is -2.08. The van der Waals surface area contributed by atoms with E-state index in [0.717, 1.165) is 19.3 Å². The first-order chi connectivity index (χ1) is 10.2. The van der Waals surface area contributed by atoms with Crippen molar-refractivity contribution in [2.24, 2.45) is 5.92 Å². The molecule has 21 heavy (non-hydrogen) atoms. The molecule has 2 N–H and O–H groups in total. The first kappa shape index (κ1) is 15.3. The molecule has 1 saturated carbocycles. The fourth-order valence-electron chi connectivity index (χ4n) is 2.52. The van der Waals surface area contributed by atoms with Crippen LogP contribution in [0.2, 0.25) is 0 Å². The summed E-state index contributed by atoms with van der Waals surface area (Å²) >= 11 is 0. The van der Waals surface area contributed by atoms with Crippen LogP contribution < -0.4 is 10.1 Å². The molecule has 0 aromatic heterocycles. The lowest BCUT2D eigenvalue weighted by Gasteiger charge is -2.18. The second-order valence-electron chi connectivity index (χ2n) is 5.28. The molecule has 1 aliphatic rings. The molecule has 0 spiro atoms. The van der Waals surface area contributed by atoms with Crippen molar-refractivity contribution in [3.63, 3.8) is 0 Å². The minimum Gasteiger partial charge on any atom is -0.491 e. The Kier molecular flexibility index (Phi) is 5.57. The smallest absolute Gasteiger partial charge is 0.119 e. The molecule has 0 amide bonds. The van der Waals surface area contributed by atoms with Crippen molar-refractivity contribution in [2.45, 2.75) is 31.4 Å². The second kappa shape index (κ2) is 7.64. The van der Waals surface area contributed by atoms with Crippen molar-refractivity contribution in [3.05, 3.63) is 29.8 Å². The minimum absolute atomic E-state index is 0.0524. The van der Waals surface area contributed by atoms with E-state index in [1.165, 1.54) is 0 Å². The van der Waals surface area contributed by atoms with Gasteiger partial charge in [-0.05, 0) is 37.1 Å². The molecular weight excluding hydrogens is 266 g/mol. The molecule has 0 radical (unpaired) electrons. The number of rotatable bonds is 6. The van der Waals surface area contributed by atoms with Crippen molar-refractivity contribution >= 4 is 0 Å². The van der Waals surface area contributed by atoms with Gasteiger partial charge in [-0.15, -0.1) is 0 Å². The zero-order valence-electron chi connectivity index (χ0n) is 11.8. The molecule has 0 heterocycles. The normalized spacial score (nSPS) is 22.2. The number of aliphatic hydroxyl groups is 1. The average molecular weight is 285 g/mol. The fraction of sp³-hybridized carbons (Fsp3) is 0.500. The molecule has 5 nitrogen and oxygen atoms in total. The highest BCUT2D eigenvalue weighted by molar-refractivity contribution is 5.34. The van der Waals surface area contributed by atoms with Crippen molar-refractivity contribution in [1.29, 1.82) is 10.5 Å². The van der Waals surface area contributed by atoms with Crippen molar-refractivity contribution in [3.8, 4) is 17.9 Å². The van der Waals surface area contributed by atoms with E-state index in [0.29, 0.717) is 17.9 Å². The Labute approximate surface area is 124 Å². The molecule has 3 atom stereocenters. The lowest BCUT2D eigenvalue weighted by atomic mass is 10.1. The molecule has 1 aromatic rings. The maximum absolute atomic E-state index is 9.91. The number of nitrogens with zero attached hydrogens (tertiary/aromatic N) is 2. The van der Waals surface area contributed by atoms with Gasteiger partial charge in [0.25, 0.3) is 0 Å². The van der Waals surface area contributed by atoms with Crippen molar-refractivity contribution in [1.82, 2.24) is 5.32 Å². The predicted molar refractivity (Wildman–Crippen MR) is 77.4 cm³/mol. The summed E-state index contributed by atoms with van der Waals surface area (Å²) in [5.74, 6) is 0.681. The highest BCUT2D eigenvalue weighted by Gasteiger charge is 2.26. The van der Waals surface area contributed by atoms with E-state index in [4.69, 9.17) is 15.3 Å². The third-order valence-corrected chi connectivity index (χ3v) is 3.72. The number of nitriles is 2. The van der Waals surface area contributed by atoms with Gasteiger partial charge < -0.3 is 15.2 Å². The summed E-state index contributed by atoms with van der Waals surface area (Å²) in [7, 11) is 0. The van der Waals surface area contributed by atoms with Crippen molar-refractivity contribution in [2.75, 3.05) is 13.2 Å². The van der Waals surface area contributed by atoms with Gasteiger partial charge in [0, 0.05) is 12.6 Å². The Bertz CT molecular complexity index is 530. The first-order valence-electron chi connectivity index (χ1n) is 7.17. The third kappa shape index (κ3) is 4.46. The van der Waals surface area contributed by atoms with Gasteiger partial charge in [-0.2, -0.15) is 10.5 Å². The van der Waals surface area contributed by atoms with E-state index >= 15 is 0 Å². The maximum atomic E-state index is 9.91. The number of benzene rings is 1. The summed E-state index contributed by atoms with van der Waals surface area (Å²) < 4.78 is 5.47. The Balaban J connectivity index is 1.71. The first-order valence-corrected chi connectivity index (χ1v) is 7.17. The van der Waals surface area contributed by atoms with E-state index in [-0.39, 0.29) is 18.6 Å². The number of nitrogens with one attached hydrogen (secondary N) is 1. The number of ether oxygens (including phenoxy) is 1. The van der Waals surface area contributed by atoms with Crippen LogP contribution in [0, 0.1) is 28.6 Å². The van der Waals surface area contributed by atoms with Crippen LogP contribution in [-0.4, -0.2) is 30.4 Å². The van der Waals surface area contributed by atoms with Crippen molar-refractivity contribution < 1.29 is 9.84 Å². The van der Waals surface area contributed by atoms with E-state index in [9.17, 15) is 5.11 Å². The minimum atomic E-state index is -0.624. The van der Waals surface area contributed by atoms with Gasteiger partial charge in [-0.1, -0.05) is 6.42 Å². The lowest BCUT2D eigenvalue weighted by molar-refractivity contribution is 0.103. The van der Waals surface area contributed by atoms with Crippen LogP contribution in [0.25, 0.3) is 0 Å². The van der Waals surface area contributed by atoms with Gasteiger partial charge >= 0.3 is 0 Å². The van der Waals surface area contributed by atoms with Gasteiger partial charge in [-0.3, -0.25) is 0 Å². The van der Waals surface area contributed by atoms with Crippen LogP contribution in [0.5, 0.6) is 5.75 Å². The van der Waals surface area contributed by atoms with Crippen LogP contribution in [0.15, 0.2) is 24.3 Å². The molecule has 0 saturated heterocycles. The van der Waals surface area contributed by atoms with E-state index in [2.05, 4.69) is 11.4 Å². The van der Waals surface area contributed by atoms with Gasteiger partial charge in [0.2, 0.25) is 0 Å². The molecular formula is C16H19N3O2. The second-order valence-corrected chi connectivity index (χ2v) is 5.28. The van der Waals surface area contributed by atoms with Gasteiger partial charge in [0.05, 0.1) is 23.6 Å². The molecule has 1 aliphatic carbocycles. The third-order valence-electron chi connectivity index (χ3n) is 3.72. The SMILES string of the molecule is N#Cc1ccc(OC[C@H](O)CN[C@@H]2CCC[C@H]2C#N)cc1. The van der Waals surface area contributed by atoms with E-state index in [1.54, 1.807) is 24.3 Å². The standard InChI is InChI=1S/C16H19N3O2/c17-8-12-4-6-15(7-5-12)21-11-14(20)10-19-16-3-1-2-13(16)9-18/h4-7,13-14,16,19-20H,1-3,10-11H2/t13-,14+,16+/m0/s1. The molecule has 2 rings (SSSR count). The van der Waals surface area contributed by atoms with E-state index in [1.807, 2.05) is 6.07 Å². The summed E-state index contributed by atoms with van der Waals surface area (Å²) in [6.45, 7) is 0.599. The monoisotopic (exact) mass is 285 g/mol. The Morgan fingerprint density at radius 1 is 1.29 bits per heavy atom.